The molecule has 1 amide bonds. The van der Waals surface area contributed by atoms with E-state index in [1.54, 1.807) is 16.8 Å². The number of thiazole rings is 1. The number of aromatic nitrogens is 2. The van der Waals surface area contributed by atoms with Gasteiger partial charge in [0.1, 0.15) is 0 Å². The number of halogens is 3. The summed E-state index contributed by atoms with van der Waals surface area (Å²) in [5.41, 5.74) is -0.422. The predicted molar refractivity (Wildman–Crippen MR) is 92.4 cm³/mol. The van der Waals surface area contributed by atoms with Gasteiger partial charge in [-0.15, -0.1) is 11.3 Å². The fourth-order valence-corrected chi connectivity index (χ4v) is 3.04. The minimum Gasteiger partial charge on any atom is -0.452 e. The highest BCUT2D eigenvalue weighted by molar-refractivity contribution is 7.15. The molecule has 3 aromatic rings. The summed E-state index contributed by atoms with van der Waals surface area (Å²) in [5.74, 6) is -1.39. The minimum atomic E-state index is -4.52. The van der Waals surface area contributed by atoms with E-state index in [0.717, 1.165) is 17.1 Å². The topological polar surface area (TPSA) is 72.7 Å². The molecular formula is C17H14F3N3O3S. The molecule has 0 aliphatic rings. The predicted octanol–water partition coefficient (Wildman–Crippen LogP) is 3.53. The number of imidazole rings is 1. The van der Waals surface area contributed by atoms with Crippen LogP contribution in [-0.2, 0) is 26.9 Å². The second-order valence-electron chi connectivity index (χ2n) is 5.70. The summed E-state index contributed by atoms with van der Waals surface area (Å²) in [4.78, 5) is 29.0. The van der Waals surface area contributed by atoms with E-state index in [-0.39, 0.29) is 12.1 Å². The van der Waals surface area contributed by atoms with Crippen molar-refractivity contribution in [3.05, 3.63) is 53.3 Å². The largest absolute Gasteiger partial charge is 0.452 e. The van der Waals surface area contributed by atoms with Crippen LogP contribution >= 0.6 is 11.3 Å². The molecule has 2 aromatic heterocycles. The molecule has 0 fully saturated rings. The molecule has 2 heterocycles. The van der Waals surface area contributed by atoms with E-state index >= 15 is 0 Å². The van der Waals surface area contributed by atoms with Gasteiger partial charge in [-0.25, -0.2) is 4.98 Å². The molecular weight excluding hydrogens is 383 g/mol. The quantitative estimate of drug-likeness (QED) is 0.669. The van der Waals surface area contributed by atoms with Crippen molar-refractivity contribution < 1.29 is 27.5 Å². The molecule has 0 radical (unpaired) electrons. The van der Waals surface area contributed by atoms with Gasteiger partial charge in [0.15, 0.2) is 11.1 Å². The second-order valence-corrected chi connectivity index (χ2v) is 6.57. The summed E-state index contributed by atoms with van der Waals surface area (Å²) in [7, 11) is 0. The number of anilines is 1. The monoisotopic (exact) mass is 397 g/mol. The van der Waals surface area contributed by atoms with Gasteiger partial charge in [-0.05, 0) is 25.1 Å². The number of nitrogens with one attached hydrogen (secondary N) is 1. The van der Waals surface area contributed by atoms with E-state index < -0.39 is 29.7 Å². The first-order chi connectivity index (χ1) is 12.7. The summed E-state index contributed by atoms with van der Waals surface area (Å²) in [6.45, 7) is 1.34. The zero-order chi connectivity index (χ0) is 19.6. The number of hydrogen-bond donors (Lipinski definition) is 1. The van der Waals surface area contributed by atoms with E-state index in [1.807, 2.05) is 5.38 Å². The zero-order valence-corrected chi connectivity index (χ0v) is 14.8. The van der Waals surface area contributed by atoms with Crippen molar-refractivity contribution in [2.75, 3.05) is 5.32 Å². The van der Waals surface area contributed by atoms with Crippen molar-refractivity contribution in [2.24, 2.45) is 0 Å². The molecule has 1 N–H and O–H groups in total. The number of nitrogens with zero attached hydrogens (tertiary/aromatic N) is 2. The lowest BCUT2D eigenvalue weighted by atomic mass is 10.2. The molecule has 1 atom stereocenters. The van der Waals surface area contributed by atoms with Crippen LogP contribution in [0.2, 0.25) is 0 Å². The molecule has 6 nitrogen and oxygen atoms in total. The first-order valence-electron chi connectivity index (χ1n) is 7.81. The molecule has 142 valence electrons. The molecule has 3 rings (SSSR count). The number of amides is 1. The average Bonchev–Trinajstić information content (AvgIpc) is 3.15. The molecule has 1 aromatic carbocycles. The molecule has 0 spiro atoms. The van der Waals surface area contributed by atoms with Crippen LogP contribution in [0.3, 0.4) is 0 Å². The van der Waals surface area contributed by atoms with Gasteiger partial charge in [0.05, 0.1) is 17.7 Å². The van der Waals surface area contributed by atoms with Crippen LogP contribution in [0.25, 0.3) is 4.96 Å². The lowest BCUT2D eigenvalue weighted by Crippen LogP contribution is -2.30. The van der Waals surface area contributed by atoms with Crippen molar-refractivity contribution >= 4 is 33.9 Å². The van der Waals surface area contributed by atoms with Crippen LogP contribution in [0.4, 0.5) is 18.9 Å². The highest BCUT2D eigenvalue weighted by Gasteiger charge is 2.30. The lowest BCUT2D eigenvalue weighted by molar-refractivity contribution is -0.152. The Morgan fingerprint density at radius 1 is 1.37 bits per heavy atom. The van der Waals surface area contributed by atoms with E-state index in [4.69, 9.17) is 4.74 Å². The second kappa shape index (κ2) is 7.39. The Bertz CT molecular complexity index is 952. The molecule has 10 heteroatoms. The fourth-order valence-electron chi connectivity index (χ4n) is 2.32. The van der Waals surface area contributed by atoms with Crippen molar-refractivity contribution in [1.29, 1.82) is 0 Å². The summed E-state index contributed by atoms with van der Waals surface area (Å²) >= 11 is 1.41. The molecule has 27 heavy (non-hydrogen) atoms. The van der Waals surface area contributed by atoms with Crippen molar-refractivity contribution in [2.45, 2.75) is 25.6 Å². The summed E-state index contributed by atoms with van der Waals surface area (Å²) in [5, 5.41) is 4.16. The Morgan fingerprint density at radius 2 is 2.15 bits per heavy atom. The number of benzene rings is 1. The van der Waals surface area contributed by atoms with Gasteiger partial charge in [0, 0.05) is 23.5 Å². The lowest BCUT2D eigenvalue weighted by Gasteiger charge is -2.14. The standard InChI is InChI=1S/C17H14F3N3O3S/c1-10(15(25)21-12-4-2-3-11(7-12)17(18,19)20)26-14(24)8-13-9-23-5-6-27-16(23)22-13/h2-7,9-10H,8H2,1H3,(H,21,25)/t10-/m0/s1. The Balaban J connectivity index is 1.57. The summed E-state index contributed by atoms with van der Waals surface area (Å²) in [6.07, 6.45) is -2.32. The number of carbonyl (C=O) groups excluding carboxylic acids is 2. The third-order valence-electron chi connectivity index (χ3n) is 3.60. The average molecular weight is 397 g/mol. The normalized spacial score (nSPS) is 12.7. The van der Waals surface area contributed by atoms with Gasteiger partial charge in [0.2, 0.25) is 0 Å². The molecule has 0 aliphatic carbocycles. The van der Waals surface area contributed by atoms with Crippen molar-refractivity contribution in [1.82, 2.24) is 9.38 Å². The van der Waals surface area contributed by atoms with Crippen LogP contribution in [0, 0.1) is 0 Å². The number of hydrogen-bond acceptors (Lipinski definition) is 5. The first-order valence-corrected chi connectivity index (χ1v) is 8.69. The number of ether oxygens (including phenoxy) is 1. The highest BCUT2D eigenvalue weighted by atomic mass is 32.1. The van der Waals surface area contributed by atoms with E-state index in [2.05, 4.69) is 10.3 Å². The van der Waals surface area contributed by atoms with Crippen LogP contribution < -0.4 is 5.32 Å². The van der Waals surface area contributed by atoms with Gasteiger partial charge >= 0.3 is 12.1 Å². The van der Waals surface area contributed by atoms with E-state index in [1.165, 1.54) is 30.4 Å². The Morgan fingerprint density at radius 3 is 2.85 bits per heavy atom. The van der Waals surface area contributed by atoms with Gasteiger partial charge < -0.3 is 10.1 Å². The SMILES string of the molecule is C[C@H](OC(=O)Cc1cn2ccsc2n1)C(=O)Nc1cccc(C(F)(F)F)c1. The molecule has 0 aliphatic heterocycles. The Kier molecular flexibility index (Phi) is 5.17. The summed E-state index contributed by atoms with van der Waals surface area (Å²) < 4.78 is 44.9. The van der Waals surface area contributed by atoms with Crippen LogP contribution in [0.5, 0.6) is 0 Å². The van der Waals surface area contributed by atoms with Gasteiger partial charge in [-0.2, -0.15) is 13.2 Å². The van der Waals surface area contributed by atoms with Crippen LogP contribution in [0.15, 0.2) is 42.0 Å². The molecule has 0 unspecified atom stereocenters. The highest BCUT2D eigenvalue weighted by Crippen LogP contribution is 2.30. The van der Waals surface area contributed by atoms with Crippen molar-refractivity contribution in [3.63, 3.8) is 0 Å². The zero-order valence-electron chi connectivity index (χ0n) is 14.0. The van der Waals surface area contributed by atoms with Gasteiger partial charge in [0.25, 0.3) is 5.91 Å². The number of alkyl halides is 3. The van der Waals surface area contributed by atoms with E-state index in [0.29, 0.717) is 5.69 Å². The smallest absolute Gasteiger partial charge is 0.416 e. The molecule has 0 saturated carbocycles. The number of fused-ring (bicyclic) bond motifs is 1. The number of rotatable bonds is 5. The van der Waals surface area contributed by atoms with Crippen LogP contribution in [-0.4, -0.2) is 27.4 Å². The van der Waals surface area contributed by atoms with Crippen LogP contribution in [0.1, 0.15) is 18.2 Å². The maximum atomic E-state index is 12.7. The number of carbonyl (C=O) groups is 2. The fraction of sp³-hybridized carbons (Fsp3) is 0.235. The van der Waals surface area contributed by atoms with Gasteiger partial charge in [-0.3, -0.25) is 14.0 Å². The summed E-state index contributed by atoms with van der Waals surface area (Å²) in [6, 6.07) is 4.21. The first kappa shape index (κ1) is 18.9. The molecule has 0 saturated heterocycles. The minimum absolute atomic E-state index is 0.0351. The third-order valence-corrected chi connectivity index (χ3v) is 4.37. The van der Waals surface area contributed by atoms with Crippen molar-refractivity contribution in [3.8, 4) is 0 Å². The Hall–Kier alpha value is -2.88. The maximum absolute atomic E-state index is 12.7. The maximum Gasteiger partial charge on any atom is 0.416 e. The van der Waals surface area contributed by atoms with Gasteiger partial charge in [-0.1, -0.05) is 6.07 Å². The number of esters is 1. The molecule has 0 bridgehead atoms. The Labute approximate surface area is 155 Å². The third kappa shape index (κ3) is 4.64. The van der Waals surface area contributed by atoms with E-state index in [9.17, 15) is 22.8 Å².